The lowest BCUT2D eigenvalue weighted by molar-refractivity contribution is -0.148. The third-order valence-electron chi connectivity index (χ3n) is 3.95. The number of hydrogen-bond acceptors (Lipinski definition) is 5. The van der Waals surface area contributed by atoms with E-state index in [-0.39, 0.29) is 18.4 Å². The zero-order valence-corrected chi connectivity index (χ0v) is 16.4. The van der Waals surface area contributed by atoms with Gasteiger partial charge in [0.25, 0.3) is 11.8 Å². The highest BCUT2D eigenvalue weighted by atomic mass is 16.5. The lowest BCUT2D eigenvalue weighted by Crippen LogP contribution is -2.34. The number of nitrogens with one attached hydrogen (secondary N) is 1. The van der Waals surface area contributed by atoms with Gasteiger partial charge in [-0.25, -0.2) is 0 Å². The maximum atomic E-state index is 12.1. The lowest BCUT2D eigenvalue weighted by atomic mass is 9.87. The molecule has 0 saturated heterocycles. The molecule has 0 fully saturated rings. The molecule has 0 heterocycles. The van der Waals surface area contributed by atoms with Crippen molar-refractivity contribution >= 4 is 17.8 Å². The summed E-state index contributed by atoms with van der Waals surface area (Å²) in [7, 11) is 0. The van der Waals surface area contributed by atoms with Crippen molar-refractivity contribution < 1.29 is 23.9 Å². The van der Waals surface area contributed by atoms with E-state index >= 15 is 0 Å². The number of hydrogen-bond donors (Lipinski definition) is 1. The lowest BCUT2D eigenvalue weighted by Gasteiger charge is -2.18. The van der Waals surface area contributed by atoms with E-state index in [9.17, 15) is 14.4 Å². The summed E-state index contributed by atoms with van der Waals surface area (Å²) in [6.07, 6.45) is 0.00435. The highest BCUT2D eigenvalue weighted by Crippen LogP contribution is 2.22. The average Bonchev–Trinajstić information content (AvgIpc) is 2.66. The van der Waals surface area contributed by atoms with Crippen LogP contribution in [0.15, 0.2) is 54.6 Å². The van der Waals surface area contributed by atoms with Gasteiger partial charge in [0.15, 0.2) is 6.61 Å². The molecule has 28 heavy (non-hydrogen) atoms. The number of esters is 1. The Morgan fingerprint density at radius 2 is 1.57 bits per heavy atom. The van der Waals surface area contributed by atoms with E-state index in [0.717, 1.165) is 5.56 Å². The van der Waals surface area contributed by atoms with E-state index in [1.54, 1.807) is 24.3 Å². The minimum Gasteiger partial charge on any atom is -0.493 e. The van der Waals surface area contributed by atoms with Gasteiger partial charge in [-0.3, -0.25) is 19.7 Å². The molecule has 0 saturated carbocycles. The van der Waals surface area contributed by atoms with Crippen molar-refractivity contribution in [3.8, 4) is 5.75 Å². The Balaban J connectivity index is 1.71. The Labute approximate surface area is 164 Å². The number of carbonyl (C=O) groups excluding carboxylic acids is 3. The second-order valence-corrected chi connectivity index (χ2v) is 7.28. The smallest absolute Gasteiger partial charge is 0.309 e. The number of benzene rings is 2. The normalized spacial score (nSPS) is 10.8. The first kappa shape index (κ1) is 21.2. The molecule has 2 rings (SSSR count). The molecule has 0 aliphatic carbocycles. The first-order valence-corrected chi connectivity index (χ1v) is 9.04. The second kappa shape index (κ2) is 9.69. The van der Waals surface area contributed by atoms with Crippen LogP contribution in [0.3, 0.4) is 0 Å². The first-order chi connectivity index (χ1) is 13.3. The van der Waals surface area contributed by atoms with E-state index in [2.05, 4.69) is 26.1 Å². The molecule has 2 aromatic rings. The van der Waals surface area contributed by atoms with Crippen LogP contribution >= 0.6 is 0 Å². The van der Waals surface area contributed by atoms with Crippen LogP contribution in [0.5, 0.6) is 5.75 Å². The van der Waals surface area contributed by atoms with Crippen molar-refractivity contribution in [2.45, 2.75) is 32.6 Å². The zero-order valence-electron chi connectivity index (χ0n) is 16.4. The van der Waals surface area contributed by atoms with Gasteiger partial charge in [-0.15, -0.1) is 0 Å². The van der Waals surface area contributed by atoms with Crippen molar-refractivity contribution in [3.63, 3.8) is 0 Å². The van der Waals surface area contributed by atoms with Crippen molar-refractivity contribution in [2.75, 3.05) is 13.2 Å². The van der Waals surface area contributed by atoms with E-state index in [0.29, 0.717) is 11.3 Å². The summed E-state index contributed by atoms with van der Waals surface area (Å²) < 4.78 is 10.2. The second-order valence-electron chi connectivity index (χ2n) is 7.28. The van der Waals surface area contributed by atoms with Gasteiger partial charge in [-0.05, 0) is 35.2 Å². The molecule has 1 N–H and O–H groups in total. The van der Waals surface area contributed by atoms with Crippen LogP contribution in [0.4, 0.5) is 0 Å². The molecular weight excluding hydrogens is 358 g/mol. The molecule has 0 radical (unpaired) electrons. The molecule has 0 aromatic heterocycles. The summed E-state index contributed by atoms with van der Waals surface area (Å²) in [6.45, 7) is 5.85. The molecule has 148 valence electrons. The maximum absolute atomic E-state index is 12.1. The van der Waals surface area contributed by atoms with E-state index < -0.39 is 24.4 Å². The largest absolute Gasteiger partial charge is 0.493 e. The van der Waals surface area contributed by atoms with Crippen LogP contribution in [0.1, 0.15) is 43.1 Å². The Morgan fingerprint density at radius 1 is 0.929 bits per heavy atom. The highest BCUT2D eigenvalue weighted by molar-refractivity contribution is 6.05. The molecule has 6 heteroatoms. The minimum atomic E-state index is -0.678. The third kappa shape index (κ3) is 6.87. The zero-order chi connectivity index (χ0) is 20.6. The predicted octanol–water partition coefficient (Wildman–Crippen LogP) is 3.25. The number of ether oxygens (including phenoxy) is 2. The Morgan fingerprint density at radius 3 is 2.18 bits per heavy atom. The maximum Gasteiger partial charge on any atom is 0.309 e. The summed E-state index contributed by atoms with van der Waals surface area (Å²) in [4.78, 5) is 35.6. The summed E-state index contributed by atoms with van der Waals surface area (Å²) in [5, 5.41) is 2.21. The molecule has 6 nitrogen and oxygen atoms in total. The summed E-state index contributed by atoms with van der Waals surface area (Å²) in [5.41, 5.74) is 1.43. The molecular formula is C22H25NO5. The molecule has 0 aliphatic rings. The van der Waals surface area contributed by atoms with Gasteiger partial charge in [0.05, 0.1) is 13.0 Å². The minimum absolute atomic E-state index is 0.00435. The summed E-state index contributed by atoms with van der Waals surface area (Å²) in [6, 6.07) is 16.1. The van der Waals surface area contributed by atoms with Gasteiger partial charge in [0.2, 0.25) is 0 Å². The number of para-hydroxylation sites is 1. The summed E-state index contributed by atoms with van der Waals surface area (Å²) in [5.74, 6) is -1.14. The van der Waals surface area contributed by atoms with E-state index in [4.69, 9.17) is 9.47 Å². The Bertz CT molecular complexity index is 807. The van der Waals surface area contributed by atoms with Crippen molar-refractivity contribution in [1.82, 2.24) is 5.32 Å². The van der Waals surface area contributed by atoms with Crippen LogP contribution < -0.4 is 10.1 Å². The number of rotatable bonds is 7. The monoisotopic (exact) mass is 383 g/mol. The Hall–Kier alpha value is -3.15. The molecule has 0 unspecified atom stereocenters. The van der Waals surface area contributed by atoms with E-state index in [1.807, 2.05) is 30.3 Å². The van der Waals surface area contributed by atoms with Gasteiger partial charge in [-0.1, -0.05) is 51.1 Å². The molecule has 0 spiro atoms. The van der Waals surface area contributed by atoms with Gasteiger partial charge in [0, 0.05) is 5.56 Å². The van der Waals surface area contributed by atoms with Gasteiger partial charge in [-0.2, -0.15) is 0 Å². The average molecular weight is 383 g/mol. The quantitative estimate of drug-likeness (QED) is 0.742. The summed E-state index contributed by atoms with van der Waals surface area (Å²) >= 11 is 0. The fourth-order valence-corrected chi connectivity index (χ4v) is 2.34. The van der Waals surface area contributed by atoms with Crippen LogP contribution in [0.2, 0.25) is 0 Å². The molecule has 2 aromatic carbocycles. The topological polar surface area (TPSA) is 81.7 Å². The van der Waals surface area contributed by atoms with Crippen molar-refractivity contribution in [3.05, 3.63) is 65.7 Å². The van der Waals surface area contributed by atoms with Crippen LogP contribution in [0.25, 0.3) is 0 Å². The Kier molecular flexibility index (Phi) is 7.32. The fraction of sp³-hybridized carbons (Fsp3) is 0.318. The molecule has 2 amide bonds. The van der Waals surface area contributed by atoms with Crippen LogP contribution in [-0.4, -0.2) is 31.0 Å². The SMILES string of the molecule is CC(C)(C)c1ccc(C(=O)NC(=O)COC(=O)CCOc2ccccc2)cc1. The molecule has 0 bridgehead atoms. The van der Waals surface area contributed by atoms with E-state index in [1.165, 1.54) is 0 Å². The fourth-order valence-electron chi connectivity index (χ4n) is 2.34. The standard InChI is InChI=1S/C22H25NO5/c1-22(2,3)17-11-9-16(10-12-17)21(26)23-19(24)15-28-20(25)13-14-27-18-7-5-4-6-8-18/h4-12H,13-15H2,1-3H3,(H,23,24,26). The van der Waals surface area contributed by atoms with Crippen molar-refractivity contribution in [1.29, 1.82) is 0 Å². The van der Waals surface area contributed by atoms with Gasteiger partial charge in [0.1, 0.15) is 5.75 Å². The molecule has 0 aliphatic heterocycles. The predicted molar refractivity (Wildman–Crippen MR) is 105 cm³/mol. The van der Waals surface area contributed by atoms with Crippen LogP contribution in [-0.2, 0) is 19.7 Å². The van der Waals surface area contributed by atoms with Crippen LogP contribution in [0, 0.1) is 0 Å². The first-order valence-electron chi connectivity index (χ1n) is 9.04. The molecule has 0 atom stereocenters. The number of imide groups is 1. The number of carbonyl (C=O) groups is 3. The number of amides is 2. The van der Waals surface area contributed by atoms with Crippen molar-refractivity contribution in [2.24, 2.45) is 0 Å². The van der Waals surface area contributed by atoms with Gasteiger partial charge < -0.3 is 9.47 Å². The third-order valence-corrected chi connectivity index (χ3v) is 3.95. The van der Waals surface area contributed by atoms with Gasteiger partial charge >= 0.3 is 5.97 Å². The highest BCUT2D eigenvalue weighted by Gasteiger charge is 2.16.